The number of esters is 1. The number of hydrogen-bond acceptors (Lipinski definition) is 7. The van der Waals surface area contributed by atoms with Crippen LogP contribution in [0.2, 0.25) is 0 Å². The number of hydrogen-bond donors (Lipinski definition) is 0. The Kier molecular flexibility index (Phi) is 6.92. The third kappa shape index (κ3) is 4.64. The molecular weight excluding hydrogens is 414 g/mol. The summed E-state index contributed by atoms with van der Waals surface area (Å²) in [6.07, 6.45) is 0.692. The molecule has 2 amide bonds. The van der Waals surface area contributed by atoms with Crippen LogP contribution in [0.1, 0.15) is 61.7 Å². The fourth-order valence-corrected chi connectivity index (χ4v) is 3.33. The second-order valence-corrected chi connectivity index (χ2v) is 7.77. The van der Waals surface area contributed by atoms with E-state index in [-0.39, 0.29) is 28.2 Å². The Hall–Kier alpha value is -3.68. The van der Waals surface area contributed by atoms with Crippen molar-refractivity contribution >= 4 is 23.6 Å². The number of carbonyl (C=O) groups is 4. The summed E-state index contributed by atoms with van der Waals surface area (Å²) >= 11 is 0. The van der Waals surface area contributed by atoms with Gasteiger partial charge in [-0.2, -0.15) is 0 Å². The van der Waals surface area contributed by atoms with Gasteiger partial charge in [0.25, 0.3) is 11.8 Å². The molecule has 0 fully saturated rings. The number of fused-ring (bicyclic) bond motifs is 1. The molecule has 0 spiro atoms. The molecule has 8 nitrogen and oxygen atoms in total. The first-order valence-electron chi connectivity index (χ1n) is 10.2. The van der Waals surface area contributed by atoms with Crippen LogP contribution in [0.25, 0.3) is 0 Å². The molecule has 0 saturated heterocycles. The molecule has 0 radical (unpaired) electrons. The van der Waals surface area contributed by atoms with Gasteiger partial charge in [0.05, 0.1) is 36.5 Å². The minimum atomic E-state index is -0.769. The lowest BCUT2D eigenvalue weighted by Crippen LogP contribution is -2.31. The lowest BCUT2D eigenvalue weighted by Gasteiger charge is -2.14. The lowest BCUT2D eigenvalue weighted by molar-refractivity contribution is 0.0473. The molecule has 1 heterocycles. The first-order valence-corrected chi connectivity index (χ1v) is 10.2. The van der Waals surface area contributed by atoms with Crippen LogP contribution in [-0.4, -0.2) is 55.8 Å². The highest BCUT2D eigenvalue weighted by Crippen LogP contribution is 2.26. The standard InChI is InChI=1S/C24H25NO7/c1-14(2)9-10-25-22(27)17-7-5-15(11-19(17)23(25)28)24(29)32-13-20(26)18-8-6-16(30-3)12-21(18)31-4/h5-8,11-12,14H,9-10,13H2,1-4H3. The summed E-state index contributed by atoms with van der Waals surface area (Å²) in [6.45, 7) is 3.83. The fourth-order valence-electron chi connectivity index (χ4n) is 3.33. The summed E-state index contributed by atoms with van der Waals surface area (Å²) in [5, 5.41) is 0. The van der Waals surface area contributed by atoms with Gasteiger partial charge in [-0.1, -0.05) is 13.8 Å². The number of Topliss-reactive ketones (excluding diaryl/α,β-unsaturated/α-hetero) is 1. The van der Waals surface area contributed by atoms with E-state index in [4.69, 9.17) is 14.2 Å². The molecule has 3 rings (SSSR count). The number of carbonyl (C=O) groups excluding carboxylic acids is 4. The highest BCUT2D eigenvalue weighted by Gasteiger charge is 2.35. The third-order valence-electron chi connectivity index (χ3n) is 5.18. The molecule has 32 heavy (non-hydrogen) atoms. The molecule has 2 aromatic rings. The predicted molar refractivity (Wildman–Crippen MR) is 115 cm³/mol. The van der Waals surface area contributed by atoms with Crippen LogP contribution in [0.5, 0.6) is 11.5 Å². The Balaban J connectivity index is 1.70. The Morgan fingerprint density at radius 2 is 1.66 bits per heavy atom. The maximum atomic E-state index is 12.6. The van der Waals surface area contributed by atoms with Gasteiger partial charge in [-0.3, -0.25) is 19.3 Å². The number of ketones is 1. The van der Waals surface area contributed by atoms with Crippen LogP contribution in [0.3, 0.4) is 0 Å². The highest BCUT2D eigenvalue weighted by molar-refractivity contribution is 6.22. The van der Waals surface area contributed by atoms with Crippen molar-refractivity contribution in [2.75, 3.05) is 27.4 Å². The number of amides is 2. The Morgan fingerprint density at radius 1 is 0.938 bits per heavy atom. The SMILES string of the molecule is COc1ccc(C(=O)COC(=O)c2ccc3c(c2)C(=O)N(CCC(C)C)C3=O)c(OC)c1. The van der Waals surface area contributed by atoms with Crippen molar-refractivity contribution in [2.24, 2.45) is 5.92 Å². The molecular formula is C24H25NO7. The maximum Gasteiger partial charge on any atom is 0.338 e. The van der Waals surface area contributed by atoms with E-state index in [2.05, 4.69) is 0 Å². The van der Waals surface area contributed by atoms with Crippen LogP contribution >= 0.6 is 0 Å². The lowest BCUT2D eigenvalue weighted by atomic mass is 10.1. The second kappa shape index (κ2) is 9.64. The second-order valence-electron chi connectivity index (χ2n) is 7.77. The zero-order valence-corrected chi connectivity index (χ0v) is 18.5. The molecule has 0 N–H and O–H groups in total. The van der Waals surface area contributed by atoms with Gasteiger partial charge in [0, 0.05) is 12.6 Å². The smallest absolute Gasteiger partial charge is 0.338 e. The first-order chi connectivity index (χ1) is 15.3. The summed E-state index contributed by atoms with van der Waals surface area (Å²) in [4.78, 5) is 51.3. The molecule has 2 aromatic carbocycles. The van der Waals surface area contributed by atoms with Crippen LogP contribution in [-0.2, 0) is 4.74 Å². The van der Waals surface area contributed by atoms with Gasteiger partial charge in [-0.15, -0.1) is 0 Å². The summed E-state index contributed by atoms with van der Waals surface area (Å²) < 4.78 is 15.4. The predicted octanol–water partition coefficient (Wildman–Crippen LogP) is 3.39. The zero-order valence-electron chi connectivity index (χ0n) is 18.5. The van der Waals surface area contributed by atoms with Crippen molar-refractivity contribution in [3.63, 3.8) is 0 Å². The molecule has 1 aliphatic rings. The van der Waals surface area contributed by atoms with Gasteiger partial charge in [0.2, 0.25) is 5.78 Å². The van der Waals surface area contributed by atoms with Gasteiger partial charge >= 0.3 is 5.97 Å². The minimum absolute atomic E-state index is 0.0881. The van der Waals surface area contributed by atoms with Gasteiger partial charge in [-0.05, 0) is 42.7 Å². The van der Waals surface area contributed by atoms with E-state index >= 15 is 0 Å². The van der Waals surface area contributed by atoms with E-state index in [1.54, 1.807) is 12.1 Å². The van der Waals surface area contributed by atoms with Crippen LogP contribution in [0, 0.1) is 5.92 Å². The molecule has 8 heteroatoms. The van der Waals surface area contributed by atoms with Crippen molar-refractivity contribution in [3.05, 3.63) is 58.7 Å². The van der Waals surface area contributed by atoms with E-state index < -0.39 is 24.3 Å². The van der Waals surface area contributed by atoms with Crippen LogP contribution in [0.15, 0.2) is 36.4 Å². The van der Waals surface area contributed by atoms with Gasteiger partial charge in [0.15, 0.2) is 6.61 Å². The third-order valence-corrected chi connectivity index (χ3v) is 5.18. The maximum absolute atomic E-state index is 12.6. The van der Waals surface area contributed by atoms with Gasteiger partial charge in [-0.25, -0.2) is 4.79 Å². The molecule has 168 valence electrons. The average Bonchev–Trinajstić information content (AvgIpc) is 3.04. The van der Waals surface area contributed by atoms with Crippen molar-refractivity contribution in [1.82, 2.24) is 4.90 Å². The number of rotatable bonds is 9. The molecule has 0 aliphatic carbocycles. The Bertz CT molecular complexity index is 1070. The number of benzene rings is 2. The molecule has 1 aliphatic heterocycles. The molecule has 0 atom stereocenters. The van der Waals surface area contributed by atoms with E-state index in [0.29, 0.717) is 30.4 Å². The summed E-state index contributed by atoms with van der Waals surface area (Å²) in [7, 11) is 2.92. The van der Waals surface area contributed by atoms with Gasteiger partial charge < -0.3 is 14.2 Å². The molecule has 0 aromatic heterocycles. The monoisotopic (exact) mass is 439 g/mol. The van der Waals surface area contributed by atoms with E-state index in [0.717, 1.165) is 0 Å². The van der Waals surface area contributed by atoms with Crippen molar-refractivity contribution in [1.29, 1.82) is 0 Å². The molecule has 0 saturated carbocycles. The van der Waals surface area contributed by atoms with Crippen LogP contribution < -0.4 is 9.47 Å². The molecule has 0 unspecified atom stereocenters. The quantitative estimate of drug-likeness (QED) is 0.335. The number of nitrogens with zero attached hydrogens (tertiary/aromatic N) is 1. The summed E-state index contributed by atoms with van der Waals surface area (Å²) in [5.74, 6) is -0.859. The van der Waals surface area contributed by atoms with Gasteiger partial charge in [0.1, 0.15) is 11.5 Å². The highest BCUT2D eigenvalue weighted by atomic mass is 16.5. The first kappa shape index (κ1) is 23.0. The normalized spacial score (nSPS) is 12.7. The zero-order chi connectivity index (χ0) is 23.4. The number of ether oxygens (including phenoxy) is 3. The minimum Gasteiger partial charge on any atom is -0.497 e. The summed E-state index contributed by atoms with van der Waals surface area (Å²) in [5.41, 5.74) is 0.757. The topological polar surface area (TPSA) is 99.2 Å². The van der Waals surface area contributed by atoms with Crippen molar-refractivity contribution < 1.29 is 33.4 Å². The fraction of sp³-hybridized carbons (Fsp3) is 0.333. The van der Waals surface area contributed by atoms with Crippen LogP contribution in [0.4, 0.5) is 0 Å². The van der Waals surface area contributed by atoms with Crippen molar-refractivity contribution in [2.45, 2.75) is 20.3 Å². The van der Waals surface area contributed by atoms with Crippen molar-refractivity contribution in [3.8, 4) is 11.5 Å². The van der Waals surface area contributed by atoms with E-state index in [1.165, 1.54) is 43.4 Å². The Labute approximate surface area is 186 Å². The average molecular weight is 439 g/mol. The largest absolute Gasteiger partial charge is 0.497 e. The summed E-state index contributed by atoms with van der Waals surface area (Å²) in [6, 6.07) is 8.88. The number of imide groups is 1. The van der Waals surface area contributed by atoms with E-state index in [1.807, 2.05) is 13.8 Å². The van der Waals surface area contributed by atoms with E-state index in [9.17, 15) is 19.2 Å². The number of methoxy groups -OCH3 is 2. The Morgan fingerprint density at radius 3 is 2.31 bits per heavy atom. The molecule has 0 bridgehead atoms.